The van der Waals surface area contributed by atoms with Crippen LogP contribution in [-0.2, 0) is 13.0 Å². The number of fused-ring (bicyclic) bond motifs is 1. The Hall–Kier alpha value is -2.06. The van der Waals surface area contributed by atoms with Crippen molar-refractivity contribution in [2.75, 3.05) is 14.2 Å². The minimum atomic E-state index is -2.41. The maximum Gasteiger partial charge on any atom is 0.288 e. The van der Waals surface area contributed by atoms with E-state index in [4.69, 9.17) is 9.47 Å². The van der Waals surface area contributed by atoms with Crippen molar-refractivity contribution >= 4 is 11.8 Å². The van der Waals surface area contributed by atoms with Gasteiger partial charge in [0.15, 0.2) is 17.2 Å². The smallest absolute Gasteiger partial charge is 0.288 e. The van der Waals surface area contributed by atoms with Crippen LogP contribution in [0.4, 0.5) is 8.78 Å². The monoisotopic (exact) mass is 482 g/mol. The van der Waals surface area contributed by atoms with E-state index in [2.05, 4.69) is 15.3 Å². The molecular weight excluding hydrogens is 462 g/mol. The van der Waals surface area contributed by atoms with Crippen molar-refractivity contribution in [2.45, 2.75) is 30.0 Å². The lowest BCUT2D eigenvalue weighted by Crippen LogP contribution is -3.00. The van der Waals surface area contributed by atoms with Crippen LogP contribution in [0, 0.1) is 0 Å². The number of aromatic nitrogens is 2. The molecule has 0 radical (unpaired) electrons. The minimum absolute atomic E-state index is 0. The van der Waals surface area contributed by atoms with Crippen molar-refractivity contribution in [3.05, 3.63) is 54.5 Å². The molecule has 4 nitrogen and oxygen atoms in total. The zero-order valence-corrected chi connectivity index (χ0v) is 18.5. The molecule has 154 valence electrons. The van der Waals surface area contributed by atoms with E-state index < -0.39 is 5.76 Å². The molecule has 0 amide bonds. The number of methoxy groups -OCH3 is 2. The van der Waals surface area contributed by atoms with Gasteiger partial charge in [0.1, 0.15) is 11.9 Å². The van der Waals surface area contributed by atoms with Gasteiger partial charge in [0.05, 0.1) is 27.2 Å². The first-order chi connectivity index (χ1) is 13.6. The van der Waals surface area contributed by atoms with Crippen LogP contribution in [0.5, 0.6) is 11.5 Å². The lowest BCUT2D eigenvalue weighted by atomic mass is 10.1. The van der Waals surface area contributed by atoms with Crippen molar-refractivity contribution in [3.63, 3.8) is 0 Å². The molecule has 0 N–H and O–H groups in total. The van der Waals surface area contributed by atoms with Gasteiger partial charge in [-0.05, 0) is 48.9 Å². The first-order valence-electron chi connectivity index (χ1n) is 9.02. The van der Waals surface area contributed by atoms with Crippen LogP contribution in [0.2, 0.25) is 0 Å². The predicted octanol–water partition coefficient (Wildman–Crippen LogP) is 1.71. The Bertz CT molecular complexity index is 993. The first-order valence-corrected chi connectivity index (χ1v) is 9.90. The second kappa shape index (κ2) is 9.17. The molecule has 0 bridgehead atoms. The van der Waals surface area contributed by atoms with Gasteiger partial charge in [-0.15, -0.1) is 0 Å². The van der Waals surface area contributed by atoms with Crippen LogP contribution in [0.25, 0.3) is 16.9 Å². The predicted molar refractivity (Wildman–Crippen MR) is 105 cm³/mol. The van der Waals surface area contributed by atoms with Crippen LogP contribution in [0.3, 0.4) is 0 Å². The van der Waals surface area contributed by atoms with E-state index in [1.165, 1.54) is 5.82 Å². The Morgan fingerprint density at radius 1 is 1.03 bits per heavy atom. The van der Waals surface area contributed by atoms with Crippen LogP contribution in [-0.4, -0.2) is 24.5 Å². The van der Waals surface area contributed by atoms with E-state index in [9.17, 15) is 8.78 Å². The quantitative estimate of drug-likeness (QED) is 0.395. The fraction of sp³-hybridized carbons (Fsp3) is 0.286. The summed E-state index contributed by atoms with van der Waals surface area (Å²) >= 11 is 0.564. The number of benzene rings is 2. The van der Waals surface area contributed by atoms with Crippen LogP contribution >= 0.6 is 11.8 Å². The lowest BCUT2D eigenvalue weighted by Gasteiger charge is -2.08. The third kappa shape index (κ3) is 4.28. The number of imidazole rings is 1. The molecule has 4 rings (SSSR count). The van der Waals surface area contributed by atoms with Gasteiger partial charge in [0.2, 0.25) is 0 Å². The molecule has 1 aromatic heterocycles. The van der Waals surface area contributed by atoms with Crippen LogP contribution < -0.4 is 31.0 Å². The Morgan fingerprint density at radius 2 is 1.76 bits per heavy atom. The molecule has 0 aliphatic carbocycles. The van der Waals surface area contributed by atoms with Gasteiger partial charge in [-0.2, -0.15) is 13.3 Å². The summed E-state index contributed by atoms with van der Waals surface area (Å²) in [6.45, 7) is 0.950. The maximum absolute atomic E-state index is 12.6. The number of halogens is 3. The van der Waals surface area contributed by atoms with Gasteiger partial charge in [-0.25, -0.2) is 4.57 Å². The average Bonchev–Trinajstić information content (AvgIpc) is 3.30. The standard InChI is InChI=1S/C21H21F2N2O2S.BrH/c1-26-18-10-5-14(12-19(18)27-2)17-13-25(20-4-3-11-24(17)20)15-6-8-16(9-7-15)28-21(22)23;/h5-10,12-13,21H,3-4,11H2,1-2H3;1H/q+1;/p-1. The molecule has 1 aliphatic heterocycles. The third-order valence-corrected chi connectivity index (χ3v) is 5.66. The van der Waals surface area contributed by atoms with E-state index in [1.54, 1.807) is 26.4 Å². The van der Waals surface area contributed by atoms with Gasteiger partial charge in [0, 0.05) is 10.5 Å². The minimum Gasteiger partial charge on any atom is -1.00 e. The lowest BCUT2D eigenvalue weighted by molar-refractivity contribution is -0.679. The van der Waals surface area contributed by atoms with Gasteiger partial charge in [-0.3, -0.25) is 0 Å². The highest BCUT2D eigenvalue weighted by molar-refractivity contribution is 7.99. The summed E-state index contributed by atoms with van der Waals surface area (Å²) in [6, 6.07) is 13.2. The molecule has 0 spiro atoms. The van der Waals surface area contributed by atoms with E-state index in [-0.39, 0.29) is 17.0 Å². The number of rotatable bonds is 6. The summed E-state index contributed by atoms with van der Waals surface area (Å²) in [6.07, 6.45) is 4.15. The number of nitrogens with zero attached hydrogens (tertiary/aromatic N) is 2. The highest BCUT2D eigenvalue weighted by atomic mass is 79.9. The number of hydrogen-bond donors (Lipinski definition) is 0. The van der Waals surface area contributed by atoms with Crippen molar-refractivity contribution in [1.82, 2.24) is 4.57 Å². The summed E-state index contributed by atoms with van der Waals surface area (Å²) in [4.78, 5) is 0.565. The Morgan fingerprint density at radius 3 is 2.41 bits per heavy atom. The summed E-state index contributed by atoms with van der Waals surface area (Å²) in [5.41, 5.74) is 3.11. The zero-order valence-electron chi connectivity index (χ0n) is 16.1. The molecule has 0 fully saturated rings. The summed E-state index contributed by atoms with van der Waals surface area (Å²) in [7, 11) is 3.25. The SMILES string of the molecule is COc1ccc(-c2cn(-c3ccc(SC(F)F)cc3)c3[n+]2CCC3)cc1OC.[Br-]. The van der Waals surface area contributed by atoms with E-state index in [0.717, 1.165) is 36.3 Å². The number of alkyl halides is 2. The topological polar surface area (TPSA) is 27.3 Å². The molecule has 0 unspecified atom stereocenters. The second-order valence-electron chi connectivity index (χ2n) is 6.50. The molecule has 0 saturated carbocycles. The van der Waals surface area contributed by atoms with Gasteiger partial charge < -0.3 is 26.5 Å². The maximum atomic E-state index is 12.6. The summed E-state index contributed by atoms with van der Waals surface area (Å²) < 4.78 is 40.4. The van der Waals surface area contributed by atoms with Crippen molar-refractivity contribution in [1.29, 1.82) is 0 Å². The molecule has 0 saturated heterocycles. The fourth-order valence-electron chi connectivity index (χ4n) is 3.67. The highest BCUT2D eigenvalue weighted by Crippen LogP contribution is 2.33. The summed E-state index contributed by atoms with van der Waals surface area (Å²) in [5.74, 6) is 0.181. The largest absolute Gasteiger partial charge is 1.00 e. The highest BCUT2D eigenvalue weighted by Gasteiger charge is 2.30. The van der Waals surface area contributed by atoms with Crippen molar-refractivity contribution in [2.24, 2.45) is 0 Å². The van der Waals surface area contributed by atoms with Gasteiger partial charge in [0.25, 0.3) is 11.6 Å². The number of ether oxygens (including phenoxy) is 2. The zero-order chi connectivity index (χ0) is 19.7. The van der Waals surface area contributed by atoms with Crippen LogP contribution in [0.1, 0.15) is 12.2 Å². The molecule has 0 atom stereocenters. The normalized spacial score (nSPS) is 12.6. The van der Waals surface area contributed by atoms with E-state index in [0.29, 0.717) is 28.2 Å². The molecule has 29 heavy (non-hydrogen) atoms. The number of thioether (sulfide) groups is 1. The van der Waals surface area contributed by atoms with Crippen molar-refractivity contribution in [3.8, 4) is 28.4 Å². The Balaban J connectivity index is 0.00000240. The molecule has 2 heterocycles. The fourth-order valence-corrected chi connectivity index (χ4v) is 4.17. The van der Waals surface area contributed by atoms with E-state index in [1.807, 2.05) is 30.3 Å². The van der Waals surface area contributed by atoms with Gasteiger partial charge in [-0.1, -0.05) is 11.8 Å². The summed E-state index contributed by atoms with van der Waals surface area (Å²) in [5, 5.41) is 0. The molecule has 2 aromatic carbocycles. The molecule has 8 heteroatoms. The Kier molecular flexibility index (Phi) is 6.85. The second-order valence-corrected chi connectivity index (χ2v) is 7.56. The first kappa shape index (κ1) is 21.6. The molecule has 3 aromatic rings. The van der Waals surface area contributed by atoms with E-state index >= 15 is 0 Å². The third-order valence-electron chi connectivity index (χ3n) is 4.93. The molecular formula is C21H21BrF2N2O2S. The van der Waals surface area contributed by atoms with Crippen molar-refractivity contribution < 1.29 is 39.8 Å². The number of hydrogen-bond acceptors (Lipinski definition) is 3. The van der Waals surface area contributed by atoms with Gasteiger partial charge >= 0.3 is 0 Å². The molecule has 1 aliphatic rings. The Labute approximate surface area is 183 Å². The van der Waals surface area contributed by atoms with Crippen LogP contribution in [0.15, 0.2) is 53.6 Å². The average molecular weight is 483 g/mol.